The van der Waals surface area contributed by atoms with E-state index < -0.39 is 10.0 Å². The minimum absolute atomic E-state index is 0.0513. The first-order valence-electron chi connectivity index (χ1n) is 5.58. The van der Waals surface area contributed by atoms with Crippen molar-refractivity contribution in [2.45, 2.75) is 37.6 Å². The summed E-state index contributed by atoms with van der Waals surface area (Å²) in [4.78, 5) is 3.89. The van der Waals surface area contributed by atoms with Gasteiger partial charge in [0.15, 0.2) is 0 Å². The summed E-state index contributed by atoms with van der Waals surface area (Å²) in [5, 5.41) is 0. The van der Waals surface area contributed by atoms with Crippen molar-refractivity contribution in [1.29, 1.82) is 0 Å². The Bertz CT molecular complexity index is 473. The maximum absolute atomic E-state index is 12.3. The van der Waals surface area contributed by atoms with Gasteiger partial charge in [0.2, 0.25) is 10.0 Å². The fraction of sp³-hybridized carbons (Fsp3) is 0.545. The normalized spacial score (nSPS) is 13.9. The van der Waals surface area contributed by atoms with Gasteiger partial charge in [-0.15, -0.1) is 0 Å². The zero-order valence-electron chi connectivity index (χ0n) is 10.4. The van der Waals surface area contributed by atoms with Crippen LogP contribution in [-0.4, -0.2) is 30.8 Å². The molecule has 1 unspecified atom stereocenters. The van der Waals surface area contributed by atoms with Gasteiger partial charge in [-0.25, -0.2) is 8.42 Å². The maximum Gasteiger partial charge on any atom is 0.246 e. The molecule has 0 saturated heterocycles. The SMILES string of the molecule is CCCC(C)N(C)S(=O)(=O)c1cnccc1N. The quantitative estimate of drug-likeness (QED) is 0.866. The van der Waals surface area contributed by atoms with Crippen LogP contribution < -0.4 is 5.73 Å². The van der Waals surface area contributed by atoms with E-state index in [2.05, 4.69) is 4.98 Å². The fourth-order valence-electron chi connectivity index (χ4n) is 1.60. The molecule has 0 spiro atoms. The lowest BCUT2D eigenvalue weighted by Crippen LogP contribution is -2.35. The lowest BCUT2D eigenvalue weighted by atomic mass is 10.2. The van der Waals surface area contributed by atoms with Crippen molar-refractivity contribution >= 4 is 15.7 Å². The molecule has 0 saturated carbocycles. The molecular weight excluding hydrogens is 238 g/mol. The predicted molar refractivity (Wildman–Crippen MR) is 68.0 cm³/mol. The minimum Gasteiger partial charge on any atom is -0.398 e. The molecule has 0 fully saturated rings. The van der Waals surface area contributed by atoms with Crippen LogP contribution in [0.25, 0.3) is 0 Å². The highest BCUT2D eigenvalue weighted by atomic mass is 32.2. The number of hydrogen-bond acceptors (Lipinski definition) is 4. The number of nitrogens with two attached hydrogens (primary N) is 1. The molecule has 0 aliphatic rings. The Kier molecular flexibility index (Phi) is 4.47. The molecule has 1 rings (SSSR count). The summed E-state index contributed by atoms with van der Waals surface area (Å²) in [6, 6.07) is 1.44. The van der Waals surface area contributed by atoms with E-state index in [9.17, 15) is 8.42 Å². The lowest BCUT2D eigenvalue weighted by molar-refractivity contribution is 0.369. The molecule has 1 aromatic heterocycles. The predicted octanol–water partition coefficient (Wildman–Crippen LogP) is 1.47. The van der Waals surface area contributed by atoms with Crippen molar-refractivity contribution in [3.8, 4) is 0 Å². The fourth-order valence-corrected chi connectivity index (χ4v) is 3.05. The third-order valence-electron chi connectivity index (χ3n) is 2.80. The van der Waals surface area contributed by atoms with Gasteiger partial charge in [0, 0.05) is 25.5 Å². The summed E-state index contributed by atoms with van der Waals surface area (Å²) in [5.74, 6) is 0. The van der Waals surface area contributed by atoms with E-state index in [-0.39, 0.29) is 16.6 Å². The van der Waals surface area contributed by atoms with Gasteiger partial charge in [-0.05, 0) is 19.4 Å². The van der Waals surface area contributed by atoms with E-state index in [1.165, 1.54) is 22.8 Å². The number of nitrogen functional groups attached to an aromatic ring is 1. The van der Waals surface area contributed by atoms with Gasteiger partial charge >= 0.3 is 0 Å². The molecule has 0 amide bonds. The smallest absolute Gasteiger partial charge is 0.246 e. The average Bonchev–Trinajstić information content (AvgIpc) is 2.28. The first-order chi connectivity index (χ1) is 7.91. The molecule has 0 aliphatic carbocycles. The van der Waals surface area contributed by atoms with E-state index in [0.29, 0.717) is 0 Å². The maximum atomic E-state index is 12.3. The number of pyridine rings is 1. The van der Waals surface area contributed by atoms with Gasteiger partial charge in [-0.2, -0.15) is 4.31 Å². The molecular formula is C11H19N3O2S. The van der Waals surface area contributed by atoms with Crippen LogP contribution in [0, 0.1) is 0 Å². The van der Waals surface area contributed by atoms with Crippen molar-refractivity contribution in [3.05, 3.63) is 18.5 Å². The third kappa shape index (κ3) is 2.95. The van der Waals surface area contributed by atoms with Gasteiger partial charge in [0.25, 0.3) is 0 Å². The number of aromatic nitrogens is 1. The Morgan fingerprint density at radius 2 is 2.18 bits per heavy atom. The van der Waals surface area contributed by atoms with Gasteiger partial charge in [0.05, 0.1) is 5.69 Å². The molecule has 1 heterocycles. The zero-order valence-corrected chi connectivity index (χ0v) is 11.2. The Morgan fingerprint density at radius 3 is 2.71 bits per heavy atom. The van der Waals surface area contributed by atoms with Crippen LogP contribution in [0.3, 0.4) is 0 Å². The summed E-state index contributed by atoms with van der Waals surface area (Å²) in [7, 11) is -1.97. The van der Waals surface area contributed by atoms with E-state index in [0.717, 1.165) is 12.8 Å². The second kappa shape index (κ2) is 5.46. The Hall–Kier alpha value is -1.14. The third-order valence-corrected chi connectivity index (χ3v) is 4.82. The summed E-state index contributed by atoms with van der Waals surface area (Å²) >= 11 is 0. The lowest BCUT2D eigenvalue weighted by Gasteiger charge is -2.24. The summed E-state index contributed by atoms with van der Waals surface area (Å²) in [6.07, 6.45) is 4.52. The van der Waals surface area contributed by atoms with E-state index in [4.69, 9.17) is 5.73 Å². The molecule has 2 N–H and O–H groups in total. The van der Waals surface area contributed by atoms with Crippen LogP contribution in [0.1, 0.15) is 26.7 Å². The molecule has 0 radical (unpaired) electrons. The van der Waals surface area contributed by atoms with Crippen molar-refractivity contribution in [2.75, 3.05) is 12.8 Å². The first kappa shape index (κ1) is 13.9. The number of anilines is 1. The highest BCUT2D eigenvalue weighted by Crippen LogP contribution is 2.22. The minimum atomic E-state index is -3.55. The number of hydrogen-bond donors (Lipinski definition) is 1. The van der Waals surface area contributed by atoms with Crippen molar-refractivity contribution in [2.24, 2.45) is 0 Å². The molecule has 5 nitrogen and oxygen atoms in total. The van der Waals surface area contributed by atoms with Crippen LogP contribution in [-0.2, 0) is 10.0 Å². The van der Waals surface area contributed by atoms with Crippen molar-refractivity contribution < 1.29 is 8.42 Å². The van der Waals surface area contributed by atoms with E-state index in [1.54, 1.807) is 7.05 Å². The standard InChI is InChI=1S/C11H19N3O2S/c1-4-5-9(2)14(3)17(15,16)11-8-13-7-6-10(11)12/h6-9H,4-5H2,1-3H3,(H2,12,13). The van der Waals surface area contributed by atoms with E-state index >= 15 is 0 Å². The van der Waals surface area contributed by atoms with Crippen LogP contribution >= 0.6 is 0 Å². The molecule has 1 atom stereocenters. The summed E-state index contributed by atoms with van der Waals surface area (Å²) in [6.45, 7) is 3.91. The highest BCUT2D eigenvalue weighted by molar-refractivity contribution is 7.89. The van der Waals surface area contributed by atoms with Gasteiger partial charge in [-0.1, -0.05) is 13.3 Å². The monoisotopic (exact) mass is 257 g/mol. The van der Waals surface area contributed by atoms with Crippen LogP contribution in [0.5, 0.6) is 0 Å². The molecule has 0 aromatic carbocycles. The molecule has 1 aromatic rings. The van der Waals surface area contributed by atoms with Gasteiger partial charge in [-0.3, -0.25) is 4.98 Å². The Morgan fingerprint density at radius 1 is 1.53 bits per heavy atom. The first-order valence-corrected chi connectivity index (χ1v) is 7.02. The molecule has 96 valence electrons. The molecule has 0 aliphatic heterocycles. The second-order valence-electron chi connectivity index (χ2n) is 4.07. The highest BCUT2D eigenvalue weighted by Gasteiger charge is 2.26. The number of rotatable bonds is 5. The second-order valence-corrected chi connectivity index (χ2v) is 6.04. The topological polar surface area (TPSA) is 76.3 Å². The zero-order chi connectivity index (χ0) is 13.1. The van der Waals surface area contributed by atoms with E-state index in [1.807, 2.05) is 13.8 Å². The van der Waals surface area contributed by atoms with Gasteiger partial charge < -0.3 is 5.73 Å². The van der Waals surface area contributed by atoms with Crippen LogP contribution in [0.2, 0.25) is 0 Å². The van der Waals surface area contributed by atoms with Gasteiger partial charge in [0.1, 0.15) is 4.90 Å². The van der Waals surface area contributed by atoms with Crippen molar-refractivity contribution in [1.82, 2.24) is 9.29 Å². The molecule has 6 heteroatoms. The number of sulfonamides is 1. The summed E-state index contributed by atoms with van der Waals surface area (Å²) < 4.78 is 25.9. The average molecular weight is 257 g/mol. The Labute approximate surface area is 103 Å². The molecule has 0 bridgehead atoms. The number of nitrogens with zero attached hydrogens (tertiary/aromatic N) is 2. The largest absolute Gasteiger partial charge is 0.398 e. The van der Waals surface area contributed by atoms with Crippen molar-refractivity contribution in [3.63, 3.8) is 0 Å². The summed E-state index contributed by atoms with van der Waals surface area (Å²) in [5.41, 5.74) is 5.90. The van der Waals surface area contributed by atoms with Crippen LogP contribution in [0.15, 0.2) is 23.4 Å². The Balaban J connectivity index is 3.08. The molecule has 17 heavy (non-hydrogen) atoms. The van der Waals surface area contributed by atoms with Crippen LogP contribution in [0.4, 0.5) is 5.69 Å².